The molecule has 0 spiro atoms. The van der Waals surface area contributed by atoms with E-state index >= 15 is 0 Å². The Hall–Kier alpha value is -4.05. The van der Waals surface area contributed by atoms with E-state index in [0.29, 0.717) is 18.7 Å². The van der Waals surface area contributed by atoms with Crippen LogP contribution in [0.4, 0.5) is 17.3 Å². The largest absolute Gasteiger partial charge is 0.355 e. The number of hydrazine groups is 1. The zero-order valence-electron chi connectivity index (χ0n) is 18.3. The molecule has 1 aliphatic heterocycles. The predicted octanol–water partition coefficient (Wildman–Crippen LogP) is 2.77. The summed E-state index contributed by atoms with van der Waals surface area (Å²) in [4.78, 5) is 36.1. The molecule has 0 radical (unpaired) electrons. The van der Waals surface area contributed by atoms with Crippen LogP contribution in [0.2, 0.25) is 0 Å². The molecule has 1 aliphatic rings. The lowest BCUT2D eigenvalue weighted by molar-refractivity contribution is -0.383. The van der Waals surface area contributed by atoms with Gasteiger partial charge in [-0.3, -0.25) is 30.7 Å². The number of carbonyl (C=O) groups is 1. The molecule has 10 heteroatoms. The molecule has 1 saturated heterocycles. The lowest BCUT2D eigenvalue weighted by atomic mass is 10.1. The van der Waals surface area contributed by atoms with Crippen molar-refractivity contribution < 1.29 is 9.72 Å². The standard InChI is InChI=1S/C23H25N7O3/c1-17-7-9-19(10-8-17)23(31)27-26-21-20(30(32)33)22(25-16-24-21)29-13-11-28(12-14-29)15-18-5-3-2-4-6-18/h2-10,16H,11-15H2,1H3,(H,27,31)(H,24,25,26). The molecule has 1 fully saturated rings. The third-order valence-corrected chi connectivity index (χ3v) is 5.51. The summed E-state index contributed by atoms with van der Waals surface area (Å²) in [6.45, 7) is 5.46. The molecule has 0 unspecified atom stereocenters. The first-order valence-corrected chi connectivity index (χ1v) is 10.6. The SMILES string of the molecule is Cc1ccc(C(=O)NNc2ncnc(N3CCN(Cc4ccccc4)CC3)c2[N+](=O)[O-])cc1. The predicted molar refractivity (Wildman–Crippen MR) is 125 cm³/mol. The number of aryl methyl sites for hydroxylation is 1. The summed E-state index contributed by atoms with van der Waals surface area (Å²) in [7, 11) is 0. The van der Waals surface area contributed by atoms with E-state index < -0.39 is 10.8 Å². The van der Waals surface area contributed by atoms with Gasteiger partial charge in [0, 0.05) is 38.3 Å². The number of nitro groups is 1. The smallest absolute Gasteiger partial charge is 0.348 e. The van der Waals surface area contributed by atoms with E-state index in [1.54, 1.807) is 12.1 Å². The number of piperazine rings is 1. The fourth-order valence-electron chi connectivity index (χ4n) is 3.71. The number of nitrogens with zero attached hydrogens (tertiary/aromatic N) is 5. The van der Waals surface area contributed by atoms with Crippen molar-refractivity contribution in [3.63, 3.8) is 0 Å². The number of amides is 1. The Kier molecular flexibility index (Phi) is 6.75. The number of aromatic nitrogens is 2. The Bertz CT molecular complexity index is 1110. The van der Waals surface area contributed by atoms with E-state index in [4.69, 9.17) is 0 Å². The molecule has 1 amide bonds. The summed E-state index contributed by atoms with van der Waals surface area (Å²) in [5.74, 6) is -0.238. The maximum absolute atomic E-state index is 12.4. The van der Waals surface area contributed by atoms with E-state index in [0.717, 1.165) is 25.2 Å². The van der Waals surface area contributed by atoms with Gasteiger partial charge in [0.2, 0.25) is 11.6 Å². The summed E-state index contributed by atoms with van der Waals surface area (Å²) in [6.07, 6.45) is 1.26. The molecular formula is C23H25N7O3. The number of hydrogen-bond donors (Lipinski definition) is 2. The molecule has 0 atom stereocenters. The van der Waals surface area contributed by atoms with Gasteiger partial charge in [0.25, 0.3) is 5.91 Å². The summed E-state index contributed by atoms with van der Waals surface area (Å²) >= 11 is 0. The molecule has 3 aromatic rings. The van der Waals surface area contributed by atoms with Crippen LogP contribution in [0.5, 0.6) is 0 Å². The van der Waals surface area contributed by atoms with E-state index in [-0.39, 0.29) is 17.3 Å². The van der Waals surface area contributed by atoms with Gasteiger partial charge in [-0.2, -0.15) is 0 Å². The average molecular weight is 447 g/mol. The maximum atomic E-state index is 12.4. The van der Waals surface area contributed by atoms with Crippen molar-refractivity contribution in [2.24, 2.45) is 0 Å². The number of nitrogens with one attached hydrogen (secondary N) is 2. The highest BCUT2D eigenvalue weighted by molar-refractivity contribution is 5.95. The molecule has 0 bridgehead atoms. The second kappa shape index (κ2) is 10.0. The van der Waals surface area contributed by atoms with Crippen molar-refractivity contribution in [2.75, 3.05) is 36.5 Å². The van der Waals surface area contributed by atoms with Gasteiger partial charge in [0.1, 0.15) is 6.33 Å². The van der Waals surface area contributed by atoms with Gasteiger partial charge in [-0.05, 0) is 24.6 Å². The number of carbonyl (C=O) groups excluding carboxylic acids is 1. The minimum Gasteiger partial charge on any atom is -0.348 e. The van der Waals surface area contributed by atoms with Gasteiger partial charge in [-0.1, -0.05) is 48.0 Å². The molecule has 170 valence electrons. The lowest BCUT2D eigenvalue weighted by Gasteiger charge is -2.35. The van der Waals surface area contributed by atoms with E-state index in [2.05, 4.69) is 37.9 Å². The van der Waals surface area contributed by atoms with Crippen LogP contribution < -0.4 is 15.8 Å². The zero-order chi connectivity index (χ0) is 23.2. The van der Waals surface area contributed by atoms with Crippen LogP contribution in [0, 0.1) is 17.0 Å². The van der Waals surface area contributed by atoms with Crippen molar-refractivity contribution >= 4 is 23.2 Å². The third-order valence-electron chi connectivity index (χ3n) is 5.51. The Balaban J connectivity index is 1.43. The van der Waals surface area contributed by atoms with Crippen LogP contribution in [0.25, 0.3) is 0 Å². The van der Waals surface area contributed by atoms with Gasteiger partial charge in [0.15, 0.2) is 0 Å². The third kappa shape index (κ3) is 5.42. The molecule has 10 nitrogen and oxygen atoms in total. The normalized spacial score (nSPS) is 14.0. The number of benzene rings is 2. The second-order valence-corrected chi connectivity index (χ2v) is 7.85. The molecule has 0 aliphatic carbocycles. The fourth-order valence-corrected chi connectivity index (χ4v) is 3.71. The first kappa shape index (κ1) is 22.2. The van der Waals surface area contributed by atoms with Crippen LogP contribution in [-0.4, -0.2) is 51.9 Å². The van der Waals surface area contributed by atoms with Crippen molar-refractivity contribution in [2.45, 2.75) is 13.5 Å². The Morgan fingerprint density at radius 1 is 1.03 bits per heavy atom. The zero-order valence-corrected chi connectivity index (χ0v) is 18.3. The van der Waals surface area contributed by atoms with E-state index in [1.165, 1.54) is 11.9 Å². The van der Waals surface area contributed by atoms with Gasteiger partial charge in [0.05, 0.1) is 4.92 Å². The van der Waals surface area contributed by atoms with Gasteiger partial charge in [-0.25, -0.2) is 9.97 Å². The number of rotatable bonds is 7. The molecule has 2 heterocycles. The summed E-state index contributed by atoms with van der Waals surface area (Å²) < 4.78 is 0. The fraction of sp³-hybridized carbons (Fsp3) is 0.261. The van der Waals surface area contributed by atoms with Gasteiger partial charge >= 0.3 is 5.69 Å². The lowest BCUT2D eigenvalue weighted by Crippen LogP contribution is -2.46. The van der Waals surface area contributed by atoms with Crippen molar-refractivity contribution in [1.29, 1.82) is 0 Å². The van der Waals surface area contributed by atoms with Crippen molar-refractivity contribution in [1.82, 2.24) is 20.3 Å². The monoisotopic (exact) mass is 447 g/mol. The van der Waals surface area contributed by atoms with Gasteiger partial charge in [-0.15, -0.1) is 0 Å². The molecule has 2 N–H and O–H groups in total. The highest BCUT2D eigenvalue weighted by Gasteiger charge is 2.29. The minimum atomic E-state index is -0.522. The highest BCUT2D eigenvalue weighted by Crippen LogP contribution is 2.32. The molecule has 0 saturated carbocycles. The van der Waals surface area contributed by atoms with Crippen molar-refractivity contribution in [3.8, 4) is 0 Å². The molecule has 2 aromatic carbocycles. The van der Waals surface area contributed by atoms with Crippen LogP contribution in [0.3, 0.4) is 0 Å². The maximum Gasteiger partial charge on any atom is 0.355 e. The van der Waals surface area contributed by atoms with Crippen LogP contribution in [0.1, 0.15) is 21.5 Å². The summed E-state index contributed by atoms with van der Waals surface area (Å²) in [6, 6.07) is 17.2. The second-order valence-electron chi connectivity index (χ2n) is 7.85. The van der Waals surface area contributed by atoms with Crippen LogP contribution >= 0.6 is 0 Å². The topological polar surface area (TPSA) is 117 Å². The minimum absolute atomic E-state index is 0.0582. The molecule has 1 aromatic heterocycles. The molecular weight excluding hydrogens is 422 g/mol. The highest BCUT2D eigenvalue weighted by atomic mass is 16.6. The summed E-state index contributed by atoms with van der Waals surface area (Å²) in [5.41, 5.74) is 7.51. The first-order valence-electron chi connectivity index (χ1n) is 10.6. The number of hydrogen-bond acceptors (Lipinski definition) is 8. The Morgan fingerprint density at radius 3 is 2.39 bits per heavy atom. The molecule has 33 heavy (non-hydrogen) atoms. The first-order chi connectivity index (χ1) is 16.0. The Morgan fingerprint density at radius 2 is 1.73 bits per heavy atom. The quantitative estimate of drug-likeness (QED) is 0.420. The number of anilines is 2. The van der Waals surface area contributed by atoms with Gasteiger partial charge < -0.3 is 4.90 Å². The van der Waals surface area contributed by atoms with Crippen LogP contribution in [0.15, 0.2) is 60.9 Å². The van der Waals surface area contributed by atoms with E-state index in [9.17, 15) is 14.9 Å². The van der Waals surface area contributed by atoms with Crippen LogP contribution in [-0.2, 0) is 6.54 Å². The summed E-state index contributed by atoms with van der Waals surface area (Å²) in [5, 5.41) is 11.9. The molecule has 4 rings (SSSR count). The van der Waals surface area contributed by atoms with E-state index in [1.807, 2.05) is 42.2 Å². The Labute approximate surface area is 191 Å². The average Bonchev–Trinajstić information content (AvgIpc) is 2.84. The van der Waals surface area contributed by atoms with Crippen molar-refractivity contribution in [3.05, 3.63) is 87.7 Å².